The van der Waals surface area contributed by atoms with E-state index in [0.29, 0.717) is 0 Å². The third-order valence-corrected chi connectivity index (χ3v) is 6.23. The van der Waals surface area contributed by atoms with Crippen LogP contribution in [0.3, 0.4) is 0 Å². The number of aromatic nitrogens is 2. The molecule has 0 spiro atoms. The maximum atomic E-state index is 4.78. The van der Waals surface area contributed by atoms with E-state index in [1.807, 2.05) is 0 Å². The number of fused-ring (bicyclic) bond motifs is 4. The van der Waals surface area contributed by atoms with Gasteiger partial charge in [0.2, 0.25) is 0 Å². The Labute approximate surface area is 149 Å². The van der Waals surface area contributed by atoms with Crippen molar-refractivity contribution >= 4 is 11.0 Å². The molecule has 2 saturated heterocycles. The summed E-state index contributed by atoms with van der Waals surface area (Å²) in [6.45, 7) is 2.20. The molecule has 1 aromatic heterocycles. The zero-order chi connectivity index (χ0) is 16.6. The SMILES string of the molecule is c1ccc(CC2CC3CCC2CN3Cc2nc3ccccc3[nH]2)cc1. The number of para-hydroxylation sites is 2. The van der Waals surface area contributed by atoms with Gasteiger partial charge in [0.25, 0.3) is 0 Å². The largest absolute Gasteiger partial charge is 0.341 e. The van der Waals surface area contributed by atoms with Crippen LogP contribution in [0.5, 0.6) is 0 Å². The van der Waals surface area contributed by atoms with Gasteiger partial charge in [-0.25, -0.2) is 4.98 Å². The fourth-order valence-electron chi connectivity index (χ4n) is 4.96. The molecule has 3 heteroatoms. The smallest absolute Gasteiger partial charge is 0.121 e. The average Bonchev–Trinajstić information content (AvgIpc) is 3.06. The number of imidazole rings is 1. The lowest BCUT2D eigenvalue weighted by molar-refractivity contribution is -0.00136. The second-order valence-electron chi connectivity index (χ2n) is 7.81. The van der Waals surface area contributed by atoms with Gasteiger partial charge in [-0.1, -0.05) is 42.5 Å². The Kier molecular flexibility index (Phi) is 3.82. The Morgan fingerprint density at radius 2 is 1.84 bits per heavy atom. The van der Waals surface area contributed by atoms with E-state index >= 15 is 0 Å². The Hall–Kier alpha value is -2.13. The van der Waals surface area contributed by atoms with Crippen LogP contribution in [0, 0.1) is 11.8 Å². The van der Waals surface area contributed by atoms with E-state index in [-0.39, 0.29) is 0 Å². The van der Waals surface area contributed by atoms with E-state index in [1.165, 1.54) is 37.8 Å². The molecule has 3 aromatic rings. The Bertz CT molecular complexity index is 821. The molecule has 2 aromatic carbocycles. The molecule has 3 heterocycles. The summed E-state index contributed by atoms with van der Waals surface area (Å²) in [6.07, 6.45) is 5.36. The van der Waals surface area contributed by atoms with Crippen molar-refractivity contribution in [1.29, 1.82) is 0 Å². The van der Waals surface area contributed by atoms with Gasteiger partial charge in [0, 0.05) is 12.6 Å². The summed E-state index contributed by atoms with van der Waals surface area (Å²) in [7, 11) is 0. The van der Waals surface area contributed by atoms with Crippen LogP contribution in [-0.2, 0) is 13.0 Å². The fourth-order valence-corrected chi connectivity index (χ4v) is 4.96. The molecule has 6 rings (SSSR count). The lowest BCUT2D eigenvalue weighted by Gasteiger charge is -2.49. The van der Waals surface area contributed by atoms with E-state index in [9.17, 15) is 0 Å². The van der Waals surface area contributed by atoms with Crippen molar-refractivity contribution in [2.45, 2.75) is 38.3 Å². The zero-order valence-corrected chi connectivity index (χ0v) is 14.6. The standard InChI is InChI=1S/C22H25N3/c1-2-6-16(7-3-1)12-18-13-19-11-10-17(18)14-25(19)15-22-23-20-8-4-5-9-21(20)24-22/h1-9,17-19H,10-15H2,(H,23,24). The number of nitrogens with zero attached hydrogens (tertiary/aromatic N) is 2. The minimum Gasteiger partial charge on any atom is -0.341 e. The summed E-state index contributed by atoms with van der Waals surface area (Å²) < 4.78 is 0. The van der Waals surface area contributed by atoms with Gasteiger partial charge in [-0.3, -0.25) is 4.90 Å². The summed E-state index contributed by atoms with van der Waals surface area (Å²) in [4.78, 5) is 11.0. The van der Waals surface area contributed by atoms with Crippen molar-refractivity contribution in [3.8, 4) is 0 Å². The molecule has 3 fully saturated rings. The van der Waals surface area contributed by atoms with Crippen molar-refractivity contribution in [3.63, 3.8) is 0 Å². The van der Waals surface area contributed by atoms with E-state index in [0.717, 1.165) is 41.3 Å². The maximum absolute atomic E-state index is 4.78. The monoisotopic (exact) mass is 331 g/mol. The summed E-state index contributed by atoms with van der Waals surface area (Å²) in [6, 6.07) is 20.1. The van der Waals surface area contributed by atoms with Crippen molar-refractivity contribution < 1.29 is 0 Å². The third-order valence-electron chi connectivity index (χ3n) is 6.23. The summed E-state index contributed by atoms with van der Waals surface area (Å²) in [5, 5.41) is 0. The van der Waals surface area contributed by atoms with Gasteiger partial charge in [0.05, 0.1) is 17.6 Å². The molecule has 1 aliphatic carbocycles. The van der Waals surface area contributed by atoms with Gasteiger partial charge in [-0.05, 0) is 55.2 Å². The third kappa shape index (κ3) is 2.98. The number of benzene rings is 2. The molecule has 0 radical (unpaired) electrons. The first-order valence-corrected chi connectivity index (χ1v) is 9.57. The Balaban J connectivity index is 1.28. The molecule has 1 N–H and O–H groups in total. The second-order valence-corrected chi connectivity index (χ2v) is 7.81. The molecule has 3 unspecified atom stereocenters. The van der Waals surface area contributed by atoms with Crippen LogP contribution in [-0.4, -0.2) is 27.5 Å². The quantitative estimate of drug-likeness (QED) is 0.768. The minimum atomic E-state index is 0.729. The topological polar surface area (TPSA) is 31.9 Å². The molecule has 2 bridgehead atoms. The number of hydrogen-bond donors (Lipinski definition) is 1. The predicted octanol–water partition coefficient (Wildman–Crippen LogP) is 4.41. The summed E-state index contributed by atoms with van der Waals surface area (Å²) in [5.41, 5.74) is 3.74. The van der Waals surface area contributed by atoms with Crippen molar-refractivity contribution in [2.24, 2.45) is 11.8 Å². The highest BCUT2D eigenvalue weighted by atomic mass is 15.2. The molecular weight excluding hydrogens is 306 g/mol. The molecule has 25 heavy (non-hydrogen) atoms. The second kappa shape index (κ2) is 6.30. The van der Waals surface area contributed by atoms with Gasteiger partial charge in [-0.2, -0.15) is 0 Å². The fraction of sp³-hybridized carbons (Fsp3) is 0.409. The zero-order valence-electron chi connectivity index (χ0n) is 14.6. The van der Waals surface area contributed by atoms with Crippen LogP contribution in [0.2, 0.25) is 0 Å². The highest BCUT2D eigenvalue weighted by Crippen LogP contribution is 2.41. The van der Waals surface area contributed by atoms with Crippen molar-refractivity contribution in [2.75, 3.05) is 6.54 Å². The maximum Gasteiger partial charge on any atom is 0.121 e. The van der Waals surface area contributed by atoms with Crippen LogP contribution in [0.25, 0.3) is 11.0 Å². The average molecular weight is 331 g/mol. The van der Waals surface area contributed by atoms with Gasteiger partial charge < -0.3 is 4.98 Å². The summed E-state index contributed by atoms with van der Waals surface area (Å²) >= 11 is 0. The number of aromatic amines is 1. The lowest BCUT2D eigenvalue weighted by Crippen LogP contribution is -2.52. The first-order valence-electron chi connectivity index (χ1n) is 9.57. The van der Waals surface area contributed by atoms with Gasteiger partial charge in [0.1, 0.15) is 5.82 Å². The van der Waals surface area contributed by atoms with E-state index in [2.05, 4.69) is 64.5 Å². The number of H-pyrrole nitrogens is 1. The van der Waals surface area contributed by atoms with Crippen molar-refractivity contribution in [1.82, 2.24) is 14.9 Å². The first-order chi connectivity index (χ1) is 12.3. The van der Waals surface area contributed by atoms with Crippen LogP contribution in [0.1, 0.15) is 30.7 Å². The lowest BCUT2D eigenvalue weighted by atomic mass is 9.70. The van der Waals surface area contributed by atoms with Crippen LogP contribution >= 0.6 is 0 Å². The van der Waals surface area contributed by atoms with Crippen LogP contribution in [0.4, 0.5) is 0 Å². The highest BCUT2D eigenvalue weighted by Gasteiger charge is 2.40. The Morgan fingerprint density at radius 1 is 1.00 bits per heavy atom. The van der Waals surface area contributed by atoms with Crippen LogP contribution < -0.4 is 0 Å². The Morgan fingerprint density at radius 3 is 2.64 bits per heavy atom. The van der Waals surface area contributed by atoms with Gasteiger partial charge in [-0.15, -0.1) is 0 Å². The van der Waals surface area contributed by atoms with E-state index in [4.69, 9.17) is 4.98 Å². The molecule has 3 nitrogen and oxygen atoms in total. The molecule has 0 amide bonds. The summed E-state index contributed by atoms with van der Waals surface area (Å²) in [5.74, 6) is 2.82. The van der Waals surface area contributed by atoms with Gasteiger partial charge in [0.15, 0.2) is 0 Å². The van der Waals surface area contributed by atoms with Crippen molar-refractivity contribution in [3.05, 3.63) is 66.0 Å². The highest BCUT2D eigenvalue weighted by molar-refractivity contribution is 5.74. The molecular formula is C22H25N3. The van der Waals surface area contributed by atoms with Crippen LogP contribution in [0.15, 0.2) is 54.6 Å². The van der Waals surface area contributed by atoms with Gasteiger partial charge >= 0.3 is 0 Å². The normalized spacial score (nSPS) is 26.3. The minimum absolute atomic E-state index is 0.729. The van der Waals surface area contributed by atoms with E-state index < -0.39 is 0 Å². The number of nitrogens with one attached hydrogen (secondary N) is 1. The van der Waals surface area contributed by atoms with E-state index in [1.54, 1.807) is 0 Å². The molecule has 128 valence electrons. The number of rotatable bonds is 4. The number of hydrogen-bond acceptors (Lipinski definition) is 2. The number of piperidine rings is 2. The molecule has 3 aliphatic rings. The molecule has 1 saturated carbocycles. The predicted molar refractivity (Wildman–Crippen MR) is 101 cm³/mol. The first kappa shape index (κ1) is 15.2. The molecule has 2 aliphatic heterocycles. The molecule has 3 atom stereocenters.